The Hall–Kier alpha value is -3.71. The summed E-state index contributed by atoms with van der Waals surface area (Å²) in [5.41, 5.74) is 1.32. The molecular weight excluding hydrogens is 701 g/mol. The van der Waals surface area contributed by atoms with Crippen LogP contribution in [-0.2, 0) is 32.6 Å². The van der Waals surface area contributed by atoms with Crippen molar-refractivity contribution in [2.24, 2.45) is 0 Å². The van der Waals surface area contributed by atoms with Crippen molar-refractivity contribution in [3.05, 3.63) is 110 Å². The van der Waals surface area contributed by atoms with Gasteiger partial charge in [-0.2, -0.15) is 0 Å². The number of ether oxygens (including phenoxy) is 4. The van der Waals surface area contributed by atoms with Crippen LogP contribution in [0.1, 0.15) is 57.1 Å². The molecule has 1 fully saturated rings. The first-order valence-electron chi connectivity index (χ1n) is 16.1. The smallest absolute Gasteiger partial charge is 0.348 e. The predicted molar refractivity (Wildman–Crippen MR) is 193 cm³/mol. The molecule has 10 nitrogen and oxygen atoms in total. The predicted octanol–water partition coefficient (Wildman–Crippen LogP) is 6.54. The van der Waals surface area contributed by atoms with Crippen molar-refractivity contribution in [3.8, 4) is 11.5 Å². The number of hydrogen-bond donors (Lipinski definition) is 1. The maximum atomic E-state index is 13.7. The molecule has 5 rings (SSSR count). The van der Waals surface area contributed by atoms with Crippen LogP contribution in [0.5, 0.6) is 11.5 Å². The first-order valence-corrected chi connectivity index (χ1v) is 17.7. The molecule has 0 radical (unpaired) electrons. The lowest BCUT2D eigenvalue weighted by Gasteiger charge is -2.33. The Morgan fingerprint density at radius 2 is 1.68 bits per heavy atom. The van der Waals surface area contributed by atoms with Crippen LogP contribution >= 0.6 is 34.5 Å². The molecule has 268 valence electrons. The highest BCUT2D eigenvalue weighted by atomic mass is 35.5. The molecule has 1 unspecified atom stereocenters. The zero-order chi connectivity index (χ0) is 35.0. The van der Waals surface area contributed by atoms with Crippen LogP contribution in [0.4, 0.5) is 0 Å². The Balaban J connectivity index is 0.00000562. The lowest BCUT2D eigenvalue weighted by atomic mass is 9.82. The van der Waals surface area contributed by atoms with Crippen molar-refractivity contribution in [1.82, 2.24) is 10.2 Å². The second-order valence-electron chi connectivity index (χ2n) is 12.3. The van der Waals surface area contributed by atoms with Crippen molar-refractivity contribution in [1.29, 1.82) is 0 Å². The van der Waals surface area contributed by atoms with Gasteiger partial charge in [0.2, 0.25) is 0 Å². The molecule has 0 saturated carbocycles. The summed E-state index contributed by atoms with van der Waals surface area (Å²) in [7, 11) is 5.19. The molecule has 50 heavy (non-hydrogen) atoms. The summed E-state index contributed by atoms with van der Waals surface area (Å²) in [6, 6.07) is 18.7. The highest BCUT2D eigenvalue weighted by Crippen LogP contribution is 2.36. The molecule has 0 amide bonds. The SMILES string of the molecule is COc1ccc([C@H](Cc2c(Cl)c[nH+]cc2Cl)OC(=O)c2ccc(CNCC(C)(C(=O)OC3CCN(C)CC3)c3ccccc3)s2)cc1OC.[OH-]. The summed E-state index contributed by atoms with van der Waals surface area (Å²) < 4.78 is 23.1. The van der Waals surface area contributed by atoms with E-state index in [1.807, 2.05) is 49.4 Å². The average Bonchev–Trinajstić information content (AvgIpc) is 3.59. The number of benzene rings is 2. The third-order valence-corrected chi connectivity index (χ3v) is 10.6. The number of halogens is 2. The minimum atomic E-state index is -0.895. The molecule has 13 heteroatoms. The van der Waals surface area contributed by atoms with E-state index in [1.165, 1.54) is 11.3 Å². The standard InChI is InChI=1S/C37H41Cl2N3O6S.H2O/c1-37(25-8-6-5-7-9-25,36(44)47-26-14-16-42(2)17-15-26)23-41-20-27-11-13-34(49-27)35(43)48-32(19-28-29(38)21-40-22-30(28)39)24-10-12-31(45-3)33(18-24)46-4;/h5-13,18,21-22,26,32,41H,14-17,19-20,23H2,1-4H3;1H2/t32-,37?;/m0./s1. The second-order valence-corrected chi connectivity index (χ2v) is 14.3. The first kappa shape index (κ1) is 39.1. The Labute approximate surface area is 306 Å². The van der Waals surface area contributed by atoms with Crippen molar-refractivity contribution in [3.63, 3.8) is 0 Å². The van der Waals surface area contributed by atoms with E-state index in [-0.39, 0.29) is 24.0 Å². The molecule has 2 atom stereocenters. The van der Waals surface area contributed by atoms with E-state index in [9.17, 15) is 9.59 Å². The summed E-state index contributed by atoms with van der Waals surface area (Å²) in [4.78, 5) is 33.7. The number of likely N-dealkylation sites (tertiary alicyclic amines) is 1. The van der Waals surface area contributed by atoms with E-state index in [0.29, 0.717) is 50.6 Å². The van der Waals surface area contributed by atoms with E-state index >= 15 is 0 Å². The number of esters is 2. The molecule has 0 aliphatic carbocycles. The maximum absolute atomic E-state index is 13.7. The van der Waals surface area contributed by atoms with Crippen molar-refractivity contribution >= 4 is 46.5 Å². The molecule has 1 saturated heterocycles. The summed E-state index contributed by atoms with van der Waals surface area (Å²) in [6.45, 7) is 4.54. The monoisotopic (exact) mass is 743 g/mol. The Kier molecular flexibility index (Phi) is 14.1. The number of H-pyrrole nitrogens is 1. The fourth-order valence-electron chi connectivity index (χ4n) is 5.83. The number of nitrogens with one attached hydrogen (secondary N) is 2. The van der Waals surface area contributed by atoms with Gasteiger partial charge in [-0.15, -0.1) is 11.3 Å². The summed E-state index contributed by atoms with van der Waals surface area (Å²) >= 11 is 14.3. The zero-order valence-electron chi connectivity index (χ0n) is 28.5. The number of piperidine rings is 1. The largest absolute Gasteiger partial charge is 0.870 e. The molecule has 2 aromatic heterocycles. The normalized spacial score (nSPS) is 15.3. The molecular formula is C37H43Cl2N3O7S. The number of thiophene rings is 1. The van der Waals surface area contributed by atoms with Gasteiger partial charge in [-0.3, -0.25) is 4.79 Å². The van der Waals surface area contributed by atoms with E-state index in [0.717, 1.165) is 36.4 Å². The number of carbonyl (C=O) groups excluding carboxylic acids is 2. The highest BCUT2D eigenvalue weighted by Gasteiger charge is 2.38. The zero-order valence-corrected chi connectivity index (χ0v) is 30.9. The number of pyridine rings is 1. The van der Waals surface area contributed by atoms with Gasteiger partial charge in [-0.25, -0.2) is 9.78 Å². The third-order valence-electron chi connectivity index (χ3n) is 8.86. The lowest BCUT2D eigenvalue weighted by molar-refractivity contribution is -0.377. The Morgan fingerprint density at radius 3 is 2.34 bits per heavy atom. The van der Waals surface area contributed by atoms with E-state index < -0.39 is 17.5 Å². The van der Waals surface area contributed by atoms with Gasteiger partial charge >= 0.3 is 11.9 Å². The van der Waals surface area contributed by atoms with Crippen LogP contribution in [0.25, 0.3) is 0 Å². The van der Waals surface area contributed by atoms with Gasteiger partial charge < -0.3 is 34.6 Å². The van der Waals surface area contributed by atoms with E-state index in [1.54, 1.807) is 44.8 Å². The van der Waals surface area contributed by atoms with Gasteiger partial charge in [-0.05, 0) is 62.2 Å². The fraction of sp³-hybridized carbons (Fsp3) is 0.378. The molecule has 3 N–H and O–H groups in total. The van der Waals surface area contributed by atoms with Crippen LogP contribution in [0.3, 0.4) is 0 Å². The van der Waals surface area contributed by atoms with Crippen molar-refractivity contribution in [2.75, 3.05) is 40.9 Å². The van der Waals surface area contributed by atoms with E-state index in [2.05, 4.69) is 22.2 Å². The van der Waals surface area contributed by atoms with Gasteiger partial charge in [0.05, 0.1) is 14.2 Å². The highest BCUT2D eigenvalue weighted by molar-refractivity contribution is 7.13. The average molecular weight is 745 g/mol. The second kappa shape index (κ2) is 18.0. The van der Waals surface area contributed by atoms with Crippen LogP contribution in [0.15, 0.2) is 73.1 Å². The number of aromatic nitrogens is 1. The van der Waals surface area contributed by atoms with Crippen molar-refractivity contribution in [2.45, 2.75) is 50.4 Å². The fourth-order valence-corrected chi connectivity index (χ4v) is 7.22. The van der Waals surface area contributed by atoms with Crippen molar-refractivity contribution < 1.29 is 39.0 Å². The number of aromatic amines is 1. The van der Waals surface area contributed by atoms with Gasteiger partial charge in [0.25, 0.3) is 0 Å². The molecule has 3 heterocycles. The lowest BCUT2D eigenvalue weighted by Crippen LogP contribution is -2.46. The maximum Gasteiger partial charge on any atom is 0.348 e. The van der Waals surface area contributed by atoms with Crippen LogP contribution in [0, 0.1) is 0 Å². The van der Waals surface area contributed by atoms with Gasteiger partial charge in [-0.1, -0.05) is 59.6 Å². The first-order chi connectivity index (χ1) is 23.6. The molecule has 0 bridgehead atoms. The minimum Gasteiger partial charge on any atom is -0.870 e. The van der Waals surface area contributed by atoms with Crippen LogP contribution in [0.2, 0.25) is 10.0 Å². The van der Waals surface area contributed by atoms with Gasteiger partial charge in [0.1, 0.15) is 32.5 Å². The number of rotatable bonds is 14. The molecule has 1 aliphatic rings. The number of carbonyl (C=O) groups is 2. The van der Waals surface area contributed by atoms with Crippen LogP contribution < -0.4 is 19.8 Å². The van der Waals surface area contributed by atoms with Gasteiger partial charge in [0, 0.05) is 43.0 Å². The molecule has 1 aliphatic heterocycles. The number of methoxy groups -OCH3 is 2. The summed E-state index contributed by atoms with van der Waals surface area (Å²) in [5, 5.41) is 4.30. The number of nitrogens with zero attached hydrogens (tertiary/aromatic N) is 1. The molecule has 2 aromatic carbocycles. The Morgan fingerprint density at radius 1 is 1.00 bits per heavy atom. The van der Waals surface area contributed by atoms with E-state index in [4.69, 9.17) is 42.1 Å². The quantitative estimate of drug-likeness (QED) is 0.143. The molecule has 4 aromatic rings. The minimum absolute atomic E-state index is 0. The van der Waals surface area contributed by atoms with Gasteiger partial charge in [0.15, 0.2) is 23.9 Å². The summed E-state index contributed by atoms with van der Waals surface area (Å²) in [6.07, 6.45) is 4.33. The van der Waals surface area contributed by atoms with Crippen LogP contribution in [-0.4, -0.2) is 69.3 Å². The molecule has 0 spiro atoms. The third kappa shape index (κ3) is 9.54. The Bertz CT molecular complexity index is 1710. The topological polar surface area (TPSA) is 130 Å². The summed E-state index contributed by atoms with van der Waals surface area (Å²) in [5.74, 6) is 0.327. The number of hydrogen-bond acceptors (Lipinski definition) is 10.